The Labute approximate surface area is 133 Å². The summed E-state index contributed by atoms with van der Waals surface area (Å²) in [5.74, 6) is 0.412. The van der Waals surface area contributed by atoms with Crippen molar-refractivity contribution < 1.29 is 8.42 Å². The number of nitrogens with one attached hydrogen (secondary N) is 1. The number of hydrogen-bond donors (Lipinski definition) is 2. The van der Waals surface area contributed by atoms with E-state index in [1.165, 1.54) is 0 Å². The number of nitrogens with two attached hydrogens (primary N) is 1. The molecule has 0 spiro atoms. The van der Waals surface area contributed by atoms with Crippen molar-refractivity contribution in [2.45, 2.75) is 58.5 Å². The molecule has 1 unspecified atom stereocenters. The number of aryl methyl sites for hydroxylation is 1. The van der Waals surface area contributed by atoms with Gasteiger partial charge in [-0.1, -0.05) is 13.8 Å². The zero-order valence-electron chi connectivity index (χ0n) is 13.4. The predicted octanol–water partition coefficient (Wildman–Crippen LogP) is 1.59. The molecule has 0 amide bonds. The van der Waals surface area contributed by atoms with Crippen LogP contribution in [0.2, 0.25) is 0 Å². The summed E-state index contributed by atoms with van der Waals surface area (Å²) in [6, 6.07) is -0.0245. The average Bonchev–Trinajstić information content (AvgIpc) is 2.52. The van der Waals surface area contributed by atoms with Crippen molar-refractivity contribution in [3.63, 3.8) is 0 Å². The maximum Gasteiger partial charge on any atom is 0.244 e. The monoisotopic (exact) mass is 338 g/mol. The van der Waals surface area contributed by atoms with Crippen LogP contribution in [0.15, 0.2) is 4.90 Å². The van der Waals surface area contributed by atoms with Gasteiger partial charge in [0.05, 0.1) is 11.4 Å². The number of sulfonamides is 1. The Kier molecular flexibility index (Phi) is 7.88. The van der Waals surface area contributed by atoms with Crippen LogP contribution in [0.1, 0.15) is 38.6 Å². The number of aromatic nitrogens is 2. The quantitative estimate of drug-likeness (QED) is 0.790. The lowest BCUT2D eigenvalue weighted by molar-refractivity contribution is 0.471. The maximum atomic E-state index is 12.3. The normalized spacial score (nSPS) is 13.3. The maximum absolute atomic E-state index is 12.3. The molecule has 21 heavy (non-hydrogen) atoms. The van der Waals surface area contributed by atoms with E-state index in [1.807, 2.05) is 6.92 Å². The minimum Gasteiger partial charge on any atom is -0.328 e. The van der Waals surface area contributed by atoms with Gasteiger partial charge in [-0.05, 0) is 33.1 Å². The van der Waals surface area contributed by atoms with Crippen LogP contribution in [0.5, 0.6) is 0 Å². The highest BCUT2D eigenvalue weighted by atomic mass is 35.5. The van der Waals surface area contributed by atoms with Crippen molar-refractivity contribution >= 4 is 22.4 Å². The molecule has 124 valence electrons. The lowest BCUT2D eigenvalue weighted by Gasteiger charge is -2.10. The molecule has 0 aliphatic heterocycles. The first kappa shape index (κ1) is 20.4. The van der Waals surface area contributed by atoms with Crippen LogP contribution in [0.4, 0.5) is 0 Å². The third kappa shape index (κ3) is 5.58. The van der Waals surface area contributed by atoms with Crippen LogP contribution in [-0.4, -0.2) is 30.8 Å². The second-order valence-electron chi connectivity index (χ2n) is 5.74. The first-order valence-electron chi connectivity index (χ1n) is 6.94. The zero-order valence-corrected chi connectivity index (χ0v) is 15.0. The molecule has 3 N–H and O–H groups in total. The number of nitrogens with zero attached hydrogens (tertiary/aromatic N) is 2. The molecule has 1 heterocycles. The van der Waals surface area contributed by atoms with Crippen LogP contribution < -0.4 is 10.5 Å². The van der Waals surface area contributed by atoms with Gasteiger partial charge in [0.2, 0.25) is 10.0 Å². The van der Waals surface area contributed by atoms with Gasteiger partial charge < -0.3 is 5.73 Å². The van der Waals surface area contributed by atoms with Gasteiger partial charge in [0.1, 0.15) is 4.90 Å². The number of halogens is 1. The Morgan fingerprint density at radius 3 is 2.33 bits per heavy atom. The Morgan fingerprint density at radius 2 is 1.86 bits per heavy atom. The van der Waals surface area contributed by atoms with Crippen molar-refractivity contribution in [2.24, 2.45) is 11.7 Å². The van der Waals surface area contributed by atoms with Gasteiger partial charge in [-0.25, -0.2) is 13.1 Å². The topological polar surface area (TPSA) is 90.0 Å². The number of hydrogen-bond acceptors (Lipinski definition) is 4. The van der Waals surface area contributed by atoms with Gasteiger partial charge in [0.25, 0.3) is 0 Å². The third-order valence-electron chi connectivity index (χ3n) is 3.01. The van der Waals surface area contributed by atoms with E-state index in [1.54, 1.807) is 18.5 Å². The van der Waals surface area contributed by atoms with Gasteiger partial charge in [-0.15, -0.1) is 12.4 Å². The molecule has 1 rings (SSSR count). The van der Waals surface area contributed by atoms with Gasteiger partial charge in [-0.2, -0.15) is 5.10 Å². The minimum absolute atomic E-state index is 0. The van der Waals surface area contributed by atoms with E-state index in [9.17, 15) is 8.42 Å². The second-order valence-corrected chi connectivity index (χ2v) is 7.44. The van der Waals surface area contributed by atoms with Crippen LogP contribution >= 0.6 is 12.4 Å². The minimum atomic E-state index is -3.52. The van der Waals surface area contributed by atoms with E-state index in [0.29, 0.717) is 41.7 Å². The molecular weight excluding hydrogens is 312 g/mol. The molecule has 6 nitrogen and oxygen atoms in total. The molecular formula is C13H27ClN4O2S. The molecule has 0 fully saturated rings. The summed E-state index contributed by atoms with van der Waals surface area (Å²) in [6.45, 7) is 10.6. The standard InChI is InChI=1S/C13H26N4O2S.ClH/c1-9(2)8-17-12(5)13(11(4)16-17)20(18,19)15-7-6-10(3)14;/h9-10,15H,6-8,14H2,1-5H3;1H. The molecule has 0 aliphatic rings. The SMILES string of the molecule is Cc1nn(CC(C)C)c(C)c1S(=O)(=O)NCCC(C)N.Cl. The van der Waals surface area contributed by atoms with Crippen molar-refractivity contribution in [3.05, 3.63) is 11.4 Å². The van der Waals surface area contributed by atoms with E-state index in [-0.39, 0.29) is 18.4 Å². The highest BCUT2D eigenvalue weighted by Crippen LogP contribution is 2.20. The summed E-state index contributed by atoms with van der Waals surface area (Å²) >= 11 is 0. The molecule has 0 bridgehead atoms. The zero-order chi connectivity index (χ0) is 15.5. The molecule has 0 aromatic carbocycles. The van der Waals surface area contributed by atoms with Crippen molar-refractivity contribution in [1.82, 2.24) is 14.5 Å². The Morgan fingerprint density at radius 1 is 1.29 bits per heavy atom. The van der Waals surface area contributed by atoms with Crippen molar-refractivity contribution in [3.8, 4) is 0 Å². The summed E-state index contributed by atoms with van der Waals surface area (Å²) in [7, 11) is -3.52. The van der Waals surface area contributed by atoms with E-state index >= 15 is 0 Å². The molecule has 1 atom stereocenters. The van der Waals surface area contributed by atoms with Crippen molar-refractivity contribution in [1.29, 1.82) is 0 Å². The lowest BCUT2D eigenvalue weighted by Crippen LogP contribution is -2.29. The van der Waals surface area contributed by atoms with Crippen LogP contribution in [0.25, 0.3) is 0 Å². The fourth-order valence-corrected chi connectivity index (χ4v) is 3.54. The second kappa shape index (κ2) is 8.12. The molecule has 0 saturated carbocycles. The van der Waals surface area contributed by atoms with Gasteiger partial charge in [0.15, 0.2) is 0 Å². The molecule has 1 aromatic rings. The van der Waals surface area contributed by atoms with Gasteiger partial charge >= 0.3 is 0 Å². The fourth-order valence-electron chi connectivity index (χ4n) is 2.09. The summed E-state index contributed by atoms with van der Waals surface area (Å²) in [4.78, 5) is 0.294. The Hall–Kier alpha value is -0.630. The summed E-state index contributed by atoms with van der Waals surface area (Å²) in [5.41, 5.74) is 6.85. The molecule has 1 aromatic heterocycles. The lowest BCUT2D eigenvalue weighted by atomic mass is 10.2. The van der Waals surface area contributed by atoms with Crippen LogP contribution in [-0.2, 0) is 16.6 Å². The highest BCUT2D eigenvalue weighted by molar-refractivity contribution is 7.89. The van der Waals surface area contributed by atoms with E-state index in [0.717, 1.165) is 0 Å². The van der Waals surface area contributed by atoms with Crippen molar-refractivity contribution in [2.75, 3.05) is 6.54 Å². The van der Waals surface area contributed by atoms with Gasteiger partial charge in [0, 0.05) is 19.1 Å². The third-order valence-corrected chi connectivity index (χ3v) is 4.73. The number of rotatable bonds is 7. The summed E-state index contributed by atoms with van der Waals surface area (Å²) in [6.07, 6.45) is 0.609. The molecule has 0 saturated heterocycles. The first-order valence-corrected chi connectivity index (χ1v) is 8.42. The first-order chi connectivity index (χ1) is 9.15. The predicted molar refractivity (Wildman–Crippen MR) is 87.2 cm³/mol. The highest BCUT2D eigenvalue weighted by Gasteiger charge is 2.24. The average molecular weight is 339 g/mol. The molecule has 8 heteroatoms. The van der Waals surface area contributed by atoms with Crippen LogP contribution in [0, 0.1) is 19.8 Å². The van der Waals surface area contributed by atoms with Gasteiger partial charge in [-0.3, -0.25) is 4.68 Å². The Bertz CT molecular complexity index is 553. The van der Waals surface area contributed by atoms with E-state index in [2.05, 4.69) is 23.7 Å². The molecule has 0 aliphatic carbocycles. The molecule has 0 radical (unpaired) electrons. The fraction of sp³-hybridized carbons (Fsp3) is 0.769. The summed E-state index contributed by atoms with van der Waals surface area (Å²) < 4.78 is 29.1. The largest absolute Gasteiger partial charge is 0.328 e. The van der Waals surface area contributed by atoms with E-state index in [4.69, 9.17) is 5.73 Å². The Balaban J connectivity index is 0.00000400. The van der Waals surface area contributed by atoms with Crippen LogP contribution in [0.3, 0.4) is 0 Å². The smallest absolute Gasteiger partial charge is 0.244 e. The van der Waals surface area contributed by atoms with E-state index < -0.39 is 10.0 Å². The summed E-state index contributed by atoms with van der Waals surface area (Å²) in [5, 5.41) is 4.33.